The number of hydrogen-bond acceptors (Lipinski definition) is 7. The summed E-state index contributed by atoms with van der Waals surface area (Å²) in [4.78, 5) is 19.4. The summed E-state index contributed by atoms with van der Waals surface area (Å²) in [6, 6.07) is 7.41. The van der Waals surface area contributed by atoms with E-state index < -0.39 is 0 Å². The average Bonchev–Trinajstić information content (AvgIpc) is 3.39. The average molecular weight is 385 g/mol. The van der Waals surface area contributed by atoms with Crippen molar-refractivity contribution in [1.82, 2.24) is 19.7 Å². The molecule has 3 heterocycles. The monoisotopic (exact) mass is 385 g/mol. The van der Waals surface area contributed by atoms with Gasteiger partial charge in [0.05, 0.1) is 12.7 Å². The molecule has 0 unspecified atom stereocenters. The molecule has 0 bridgehead atoms. The van der Waals surface area contributed by atoms with Crippen LogP contribution < -0.4 is 14.8 Å². The van der Waals surface area contributed by atoms with Gasteiger partial charge in [-0.15, -0.1) is 11.3 Å². The molecule has 9 heteroatoms. The zero-order valence-corrected chi connectivity index (χ0v) is 15.8. The summed E-state index contributed by atoms with van der Waals surface area (Å²) in [5, 5.41) is 7.92. The number of nitrogens with zero attached hydrogens (tertiary/aromatic N) is 4. The van der Waals surface area contributed by atoms with Gasteiger partial charge in [0.1, 0.15) is 9.88 Å². The Morgan fingerprint density at radius 1 is 1.30 bits per heavy atom. The van der Waals surface area contributed by atoms with Crippen LogP contribution in [0.3, 0.4) is 0 Å². The number of thiazole rings is 1. The van der Waals surface area contributed by atoms with Crippen LogP contribution in [0.25, 0.3) is 10.6 Å². The summed E-state index contributed by atoms with van der Waals surface area (Å²) in [7, 11) is 4.02. The SMILES string of the molecule is CN(C)CCn1ccc(NC(=O)c2cnc(-c3ccc4c(c3)OCO4)s2)n1. The summed E-state index contributed by atoms with van der Waals surface area (Å²) in [5.74, 6) is 1.71. The Morgan fingerprint density at radius 3 is 3.00 bits per heavy atom. The summed E-state index contributed by atoms with van der Waals surface area (Å²) in [6.45, 7) is 1.87. The molecule has 27 heavy (non-hydrogen) atoms. The molecule has 0 atom stereocenters. The van der Waals surface area contributed by atoms with Crippen molar-refractivity contribution in [2.75, 3.05) is 32.7 Å². The fourth-order valence-electron chi connectivity index (χ4n) is 2.58. The minimum absolute atomic E-state index is 0.225. The molecule has 0 saturated carbocycles. The van der Waals surface area contributed by atoms with Crippen LogP contribution in [0.5, 0.6) is 11.5 Å². The molecule has 0 spiro atoms. The van der Waals surface area contributed by atoms with Gasteiger partial charge in [-0.3, -0.25) is 9.48 Å². The number of amides is 1. The molecule has 0 saturated heterocycles. The van der Waals surface area contributed by atoms with E-state index in [9.17, 15) is 4.79 Å². The highest BCUT2D eigenvalue weighted by Gasteiger charge is 2.17. The van der Waals surface area contributed by atoms with Crippen LogP contribution in [-0.4, -0.2) is 53.0 Å². The first kappa shape index (κ1) is 17.5. The highest BCUT2D eigenvalue weighted by Crippen LogP contribution is 2.37. The second kappa shape index (κ2) is 7.37. The quantitative estimate of drug-likeness (QED) is 0.702. The van der Waals surface area contributed by atoms with Crippen LogP contribution >= 0.6 is 11.3 Å². The Morgan fingerprint density at radius 2 is 2.15 bits per heavy atom. The topological polar surface area (TPSA) is 81.5 Å². The molecular formula is C18H19N5O3S. The van der Waals surface area contributed by atoms with Gasteiger partial charge in [-0.2, -0.15) is 5.10 Å². The second-order valence-corrected chi connectivity index (χ2v) is 7.35. The molecule has 0 fully saturated rings. The molecule has 1 N–H and O–H groups in total. The van der Waals surface area contributed by atoms with Crippen LogP contribution in [0.15, 0.2) is 36.7 Å². The second-order valence-electron chi connectivity index (χ2n) is 6.32. The van der Waals surface area contributed by atoms with E-state index in [-0.39, 0.29) is 12.7 Å². The molecule has 3 aromatic rings. The molecule has 1 aromatic carbocycles. The van der Waals surface area contributed by atoms with Gasteiger partial charge < -0.3 is 19.7 Å². The van der Waals surface area contributed by atoms with Crippen molar-refractivity contribution in [3.05, 3.63) is 41.5 Å². The van der Waals surface area contributed by atoms with Crippen LogP contribution in [-0.2, 0) is 6.54 Å². The molecule has 0 radical (unpaired) electrons. The van der Waals surface area contributed by atoms with Crippen molar-refractivity contribution in [2.24, 2.45) is 0 Å². The predicted octanol–water partition coefficient (Wildman–Crippen LogP) is 2.55. The number of carbonyl (C=O) groups is 1. The minimum Gasteiger partial charge on any atom is -0.454 e. The first-order valence-electron chi connectivity index (χ1n) is 8.44. The lowest BCUT2D eigenvalue weighted by Crippen LogP contribution is -2.19. The van der Waals surface area contributed by atoms with Gasteiger partial charge in [0, 0.05) is 24.4 Å². The van der Waals surface area contributed by atoms with Gasteiger partial charge in [-0.1, -0.05) is 0 Å². The Kier molecular flexibility index (Phi) is 4.78. The van der Waals surface area contributed by atoms with Gasteiger partial charge in [0.25, 0.3) is 5.91 Å². The molecule has 2 aromatic heterocycles. The van der Waals surface area contributed by atoms with Crippen LogP contribution in [0.1, 0.15) is 9.67 Å². The smallest absolute Gasteiger partial charge is 0.268 e. The number of anilines is 1. The van der Waals surface area contributed by atoms with Crippen molar-refractivity contribution < 1.29 is 14.3 Å². The first-order valence-corrected chi connectivity index (χ1v) is 9.25. The van der Waals surface area contributed by atoms with Crippen molar-refractivity contribution >= 4 is 23.1 Å². The standard InChI is InChI=1S/C18H19N5O3S/c1-22(2)7-8-23-6-5-16(21-23)20-17(24)15-10-19-18(27-15)12-3-4-13-14(9-12)26-11-25-13/h3-6,9-10H,7-8,11H2,1-2H3,(H,20,21,24). The zero-order valence-electron chi connectivity index (χ0n) is 15.0. The number of fused-ring (bicyclic) bond motifs is 1. The number of hydrogen-bond donors (Lipinski definition) is 1. The third-order valence-corrected chi connectivity index (χ3v) is 5.05. The maximum atomic E-state index is 12.5. The number of carbonyl (C=O) groups excluding carboxylic acids is 1. The predicted molar refractivity (Wildman–Crippen MR) is 102 cm³/mol. The Balaban J connectivity index is 1.43. The Hall–Kier alpha value is -2.91. The maximum Gasteiger partial charge on any atom is 0.268 e. The van der Waals surface area contributed by atoms with E-state index in [4.69, 9.17) is 9.47 Å². The van der Waals surface area contributed by atoms with E-state index in [2.05, 4.69) is 20.3 Å². The molecule has 8 nitrogen and oxygen atoms in total. The lowest BCUT2D eigenvalue weighted by Gasteiger charge is -2.08. The fraction of sp³-hybridized carbons (Fsp3) is 0.278. The summed E-state index contributed by atoms with van der Waals surface area (Å²) in [5.41, 5.74) is 0.885. The molecule has 140 valence electrons. The van der Waals surface area contributed by atoms with Gasteiger partial charge in [-0.25, -0.2) is 4.98 Å². The highest BCUT2D eigenvalue weighted by molar-refractivity contribution is 7.17. The third-order valence-electron chi connectivity index (χ3n) is 4.01. The largest absolute Gasteiger partial charge is 0.454 e. The molecule has 0 aliphatic carbocycles. The summed E-state index contributed by atoms with van der Waals surface area (Å²) in [6.07, 6.45) is 3.42. The maximum absolute atomic E-state index is 12.5. The van der Waals surface area contributed by atoms with Crippen LogP contribution in [0.2, 0.25) is 0 Å². The number of benzene rings is 1. The molecule has 1 amide bonds. The van der Waals surface area contributed by atoms with Gasteiger partial charge in [0.15, 0.2) is 17.3 Å². The first-order chi connectivity index (χ1) is 13.1. The van der Waals surface area contributed by atoms with E-state index in [1.54, 1.807) is 16.9 Å². The van der Waals surface area contributed by atoms with E-state index in [1.807, 2.05) is 38.5 Å². The lowest BCUT2D eigenvalue weighted by atomic mass is 10.2. The number of ether oxygens (including phenoxy) is 2. The normalized spacial score (nSPS) is 12.6. The lowest BCUT2D eigenvalue weighted by molar-refractivity contribution is 0.103. The Bertz CT molecular complexity index is 966. The van der Waals surface area contributed by atoms with E-state index >= 15 is 0 Å². The zero-order chi connectivity index (χ0) is 18.8. The van der Waals surface area contributed by atoms with E-state index in [1.165, 1.54) is 11.3 Å². The third kappa shape index (κ3) is 3.93. The van der Waals surface area contributed by atoms with Crippen molar-refractivity contribution in [3.8, 4) is 22.1 Å². The molecular weight excluding hydrogens is 366 g/mol. The number of likely N-dealkylation sites (N-methyl/N-ethyl adjacent to an activating group) is 1. The number of aromatic nitrogens is 3. The van der Waals surface area contributed by atoms with Gasteiger partial charge in [-0.05, 0) is 32.3 Å². The number of nitrogens with one attached hydrogen (secondary N) is 1. The molecule has 1 aliphatic heterocycles. The van der Waals surface area contributed by atoms with Crippen LogP contribution in [0.4, 0.5) is 5.82 Å². The highest BCUT2D eigenvalue weighted by atomic mass is 32.1. The van der Waals surface area contributed by atoms with E-state index in [0.29, 0.717) is 16.4 Å². The molecule has 4 rings (SSSR count). The van der Waals surface area contributed by atoms with Crippen molar-refractivity contribution in [2.45, 2.75) is 6.54 Å². The number of rotatable bonds is 6. The van der Waals surface area contributed by atoms with Crippen molar-refractivity contribution in [3.63, 3.8) is 0 Å². The molecule has 1 aliphatic rings. The Labute approximate surface area is 160 Å². The minimum atomic E-state index is -0.225. The van der Waals surface area contributed by atoms with Crippen LogP contribution in [0, 0.1) is 0 Å². The fourth-order valence-corrected chi connectivity index (χ4v) is 3.38. The summed E-state index contributed by atoms with van der Waals surface area (Å²) < 4.78 is 12.5. The van der Waals surface area contributed by atoms with E-state index in [0.717, 1.165) is 29.4 Å². The van der Waals surface area contributed by atoms with Crippen molar-refractivity contribution in [1.29, 1.82) is 0 Å². The van der Waals surface area contributed by atoms with Gasteiger partial charge >= 0.3 is 0 Å². The van der Waals surface area contributed by atoms with Gasteiger partial charge in [0.2, 0.25) is 6.79 Å². The summed E-state index contributed by atoms with van der Waals surface area (Å²) >= 11 is 1.32.